The first-order valence-electron chi connectivity index (χ1n) is 37.4. The van der Waals surface area contributed by atoms with Crippen molar-refractivity contribution in [2.45, 2.75) is 416 Å². The zero-order valence-electron chi connectivity index (χ0n) is 56.1. The van der Waals surface area contributed by atoms with Crippen LogP contribution in [-0.2, 0) is 14.3 Å². The molecule has 0 aromatic rings. The van der Waals surface area contributed by atoms with Crippen LogP contribution in [0.3, 0.4) is 0 Å². The van der Waals surface area contributed by atoms with Crippen molar-refractivity contribution in [2.75, 3.05) is 13.2 Å². The first-order valence-corrected chi connectivity index (χ1v) is 37.4. The first kappa shape index (κ1) is 81.2. The van der Waals surface area contributed by atoms with E-state index in [2.05, 4.69) is 55.6 Å². The van der Waals surface area contributed by atoms with Crippen LogP contribution < -0.4 is 5.32 Å². The molecule has 1 amide bonds. The van der Waals surface area contributed by atoms with Gasteiger partial charge in [-0.05, 0) is 70.6 Å². The second kappa shape index (κ2) is 65.1. The molecule has 0 saturated carbocycles. The Balaban J connectivity index is 2.08. The van der Waals surface area contributed by atoms with E-state index in [0.717, 1.165) is 44.9 Å². The Hall–Kier alpha value is -1.85. The maximum Gasteiger partial charge on any atom is 0.220 e. The van der Waals surface area contributed by atoms with E-state index in [4.69, 9.17) is 9.47 Å². The highest BCUT2D eigenvalue weighted by Crippen LogP contribution is 2.23. The second-order valence-corrected chi connectivity index (χ2v) is 26.1. The van der Waals surface area contributed by atoms with Crippen LogP contribution >= 0.6 is 0 Å². The van der Waals surface area contributed by atoms with Gasteiger partial charge in [0.1, 0.15) is 24.4 Å². The summed E-state index contributed by atoms with van der Waals surface area (Å²) in [6.45, 7) is 3.81. The maximum absolute atomic E-state index is 13.1. The summed E-state index contributed by atoms with van der Waals surface area (Å²) < 4.78 is 11.3. The molecule has 1 aliphatic rings. The van der Waals surface area contributed by atoms with Gasteiger partial charge in [0.15, 0.2) is 6.29 Å². The van der Waals surface area contributed by atoms with Crippen molar-refractivity contribution in [2.24, 2.45) is 0 Å². The summed E-state index contributed by atoms with van der Waals surface area (Å²) in [5, 5.41) is 54.7. The third kappa shape index (κ3) is 53.7. The molecule has 1 saturated heterocycles. The van der Waals surface area contributed by atoms with Crippen LogP contribution in [-0.4, -0.2) is 87.5 Å². The number of ether oxygens (including phenoxy) is 2. The lowest BCUT2D eigenvalue weighted by Crippen LogP contribution is -2.60. The Morgan fingerprint density at radius 1 is 0.388 bits per heavy atom. The SMILES string of the molecule is CCCCCCCCCCCCCCC/C=C/CC/C=C/CC/C=C/C(O)C(COC1OC(CO)C(O)C(O)C1O)NC(=O)CCCCCCCCCCCCCCCCCCC/C=C\CCCCCCCCCCCCCCCCCCCC. The van der Waals surface area contributed by atoms with Gasteiger partial charge in [0.05, 0.1) is 25.4 Å². The molecule has 6 N–H and O–H groups in total. The molecule has 0 spiro atoms. The van der Waals surface area contributed by atoms with E-state index in [9.17, 15) is 30.3 Å². The smallest absolute Gasteiger partial charge is 0.220 e. The molecular formula is C76H143NO8. The number of hydrogen-bond donors (Lipinski definition) is 6. The fraction of sp³-hybridized carbons (Fsp3) is 0.882. The summed E-state index contributed by atoms with van der Waals surface area (Å²) in [6.07, 6.45) is 82.5. The van der Waals surface area contributed by atoms with Gasteiger partial charge in [-0.1, -0.05) is 345 Å². The summed E-state index contributed by atoms with van der Waals surface area (Å²) in [5.74, 6) is -0.185. The van der Waals surface area contributed by atoms with E-state index < -0.39 is 49.5 Å². The fourth-order valence-corrected chi connectivity index (χ4v) is 12.0. The number of hydrogen-bond acceptors (Lipinski definition) is 8. The van der Waals surface area contributed by atoms with Gasteiger partial charge in [0.25, 0.3) is 0 Å². The van der Waals surface area contributed by atoms with Crippen LogP contribution in [0.1, 0.15) is 373 Å². The standard InChI is InChI=1S/C76H143NO8/c1-3-5-7-9-11-13-15-17-19-21-23-25-27-28-29-30-31-32-33-34-35-36-37-38-39-40-41-42-44-46-48-50-52-54-56-58-60-62-64-66-72(80)77-69(68-84-76-75(83)74(82)73(81)71(67-78)85-76)70(79)65-63-61-59-57-55-53-51-49-47-45-43-26-24-22-20-18-16-14-12-10-8-6-4-2/h34-35,47,49,55,57,63,65,69-71,73-76,78-79,81-83H,3-33,36-46,48,50-54,56,58-62,64,66-68H2,1-2H3,(H,77,80)/b35-34-,49-47+,57-55+,65-63+. The van der Waals surface area contributed by atoms with E-state index in [1.807, 2.05) is 6.08 Å². The Morgan fingerprint density at radius 3 is 0.988 bits per heavy atom. The number of carbonyl (C=O) groups excluding carboxylic acids is 1. The number of rotatable bonds is 66. The molecule has 0 aromatic heterocycles. The second-order valence-electron chi connectivity index (χ2n) is 26.1. The topological polar surface area (TPSA) is 149 Å². The Bertz CT molecular complexity index is 1480. The van der Waals surface area contributed by atoms with E-state index in [1.165, 1.54) is 308 Å². The summed E-state index contributed by atoms with van der Waals surface area (Å²) >= 11 is 0. The van der Waals surface area contributed by atoms with E-state index in [0.29, 0.717) is 6.42 Å². The highest BCUT2D eigenvalue weighted by atomic mass is 16.7. The number of allylic oxidation sites excluding steroid dienone is 7. The molecule has 500 valence electrons. The van der Waals surface area contributed by atoms with Crippen LogP contribution in [0.15, 0.2) is 48.6 Å². The Morgan fingerprint density at radius 2 is 0.671 bits per heavy atom. The van der Waals surface area contributed by atoms with Gasteiger partial charge in [0.2, 0.25) is 5.91 Å². The number of nitrogens with one attached hydrogen (secondary N) is 1. The van der Waals surface area contributed by atoms with Crippen LogP contribution in [0.25, 0.3) is 0 Å². The summed E-state index contributed by atoms with van der Waals surface area (Å²) in [5.41, 5.74) is 0. The van der Waals surface area contributed by atoms with Gasteiger partial charge < -0.3 is 40.3 Å². The van der Waals surface area contributed by atoms with E-state index >= 15 is 0 Å². The monoisotopic (exact) mass is 1200 g/mol. The lowest BCUT2D eigenvalue weighted by atomic mass is 9.99. The van der Waals surface area contributed by atoms with Crippen molar-refractivity contribution in [3.63, 3.8) is 0 Å². The van der Waals surface area contributed by atoms with Crippen molar-refractivity contribution in [3.8, 4) is 0 Å². The van der Waals surface area contributed by atoms with Crippen LogP contribution in [0.2, 0.25) is 0 Å². The van der Waals surface area contributed by atoms with Crippen molar-refractivity contribution in [3.05, 3.63) is 48.6 Å². The van der Waals surface area contributed by atoms with E-state index in [1.54, 1.807) is 6.08 Å². The van der Waals surface area contributed by atoms with Crippen LogP contribution in [0.4, 0.5) is 0 Å². The third-order valence-corrected chi connectivity index (χ3v) is 17.9. The van der Waals surface area contributed by atoms with Crippen molar-refractivity contribution >= 4 is 5.91 Å². The molecule has 9 nitrogen and oxygen atoms in total. The normalized spacial score (nSPS) is 18.3. The largest absolute Gasteiger partial charge is 0.394 e. The predicted octanol–water partition coefficient (Wildman–Crippen LogP) is 20.8. The average molecular weight is 1200 g/mol. The highest BCUT2D eigenvalue weighted by Gasteiger charge is 2.44. The zero-order chi connectivity index (χ0) is 61.4. The number of aliphatic hydroxyl groups is 5. The highest BCUT2D eigenvalue weighted by molar-refractivity contribution is 5.76. The molecule has 1 rings (SSSR count). The maximum atomic E-state index is 13.1. The minimum Gasteiger partial charge on any atom is -0.394 e. The molecule has 85 heavy (non-hydrogen) atoms. The first-order chi connectivity index (χ1) is 41.8. The zero-order valence-corrected chi connectivity index (χ0v) is 56.1. The number of carbonyl (C=O) groups is 1. The van der Waals surface area contributed by atoms with Gasteiger partial charge in [0, 0.05) is 6.42 Å². The lowest BCUT2D eigenvalue weighted by molar-refractivity contribution is -0.302. The van der Waals surface area contributed by atoms with Crippen molar-refractivity contribution in [1.29, 1.82) is 0 Å². The van der Waals surface area contributed by atoms with Crippen LogP contribution in [0, 0.1) is 0 Å². The Kier molecular flexibility index (Phi) is 62.2. The minimum absolute atomic E-state index is 0.185. The van der Waals surface area contributed by atoms with Crippen LogP contribution in [0.5, 0.6) is 0 Å². The quantitative estimate of drug-likeness (QED) is 0.0261. The van der Waals surface area contributed by atoms with Crippen molar-refractivity contribution in [1.82, 2.24) is 5.32 Å². The number of unbranched alkanes of at least 4 members (excludes halogenated alkanes) is 50. The van der Waals surface area contributed by atoms with Gasteiger partial charge in [-0.2, -0.15) is 0 Å². The predicted molar refractivity (Wildman–Crippen MR) is 364 cm³/mol. The van der Waals surface area contributed by atoms with Gasteiger partial charge >= 0.3 is 0 Å². The molecule has 1 aliphatic heterocycles. The fourth-order valence-electron chi connectivity index (χ4n) is 12.0. The molecule has 0 aliphatic carbocycles. The molecule has 7 atom stereocenters. The Labute approximate surface area is 526 Å². The van der Waals surface area contributed by atoms with Gasteiger partial charge in [-0.15, -0.1) is 0 Å². The molecule has 0 bridgehead atoms. The molecule has 7 unspecified atom stereocenters. The molecule has 0 aromatic carbocycles. The molecule has 9 heteroatoms. The lowest BCUT2D eigenvalue weighted by Gasteiger charge is -2.40. The van der Waals surface area contributed by atoms with Gasteiger partial charge in [-0.25, -0.2) is 0 Å². The number of amides is 1. The molecule has 1 fully saturated rings. The van der Waals surface area contributed by atoms with Gasteiger partial charge in [-0.3, -0.25) is 4.79 Å². The molecular weight excluding hydrogens is 1050 g/mol. The molecule has 0 radical (unpaired) electrons. The average Bonchev–Trinajstić information content (AvgIpc) is 3.55. The third-order valence-electron chi connectivity index (χ3n) is 17.9. The molecule has 1 heterocycles. The number of aliphatic hydroxyl groups excluding tert-OH is 5. The summed E-state index contributed by atoms with van der Waals surface area (Å²) in [6, 6.07) is -0.830. The van der Waals surface area contributed by atoms with E-state index in [-0.39, 0.29) is 12.5 Å². The minimum atomic E-state index is -1.58. The summed E-state index contributed by atoms with van der Waals surface area (Å²) in [4.78, 5) is 13.1. The van der Waals surface area contributed by atoms with Crippen molar-refractivity contribution < 1.29 is 39.8 Å². The summed E-state index contributed by atoms with van der Waals surface area (Å²) in [7, 11) is 0.